The number of benzene rings is 1. The molecule has 2 rings (SSSR count). The molecule has 1 aliphatic heterocycles. The summed E-state index contributed by atoms with van der Waals surface area (Å²) < 4.78 is 5.22. The van der Waals surface area contributed by atoms with Gasteiger partial charge in [0.05, 0.1) is 0 Å². The van der Waals surface area contributed by atoms with Gasteiger partial charge in [-0.25, -0.2) is 4.79 Å². The molecule has 2 atom stereocenters. The van der Waals surface area contributed by atoms with Crippen LogP contribution < -0.4 is 10.6 Å². The highest BCUT2D eigenvalue weighted by Crippen LogP contribution is 2.28. The Morgan fingerprint density at radius 2 is 1.86 bits per heavy atom. The van der Waals surface area contributed by atoms with E-state index >= 15 is 0 Å². The summed E-state index contributed by atoms with van der Waals surface area (Å²) in [4.78, 5) is 11.7. The van der Waals surface area contributed by atoms with Crippen molar-refractivity contribution < 1.29 is 9.53 Å². The van der Waals surface area contributed by atoms with Crippen LogP contribution >= 0.6 is 11.8 Å². The Morgan fingerprint density at radius 1 is 1.24 bits per heavy atom. The van der Waals surface area contributed by atoms with Crippen LogP contribution in [0.5, 0.6) is 0 Å². The predicted octanol–water partition coefficient (Wildman–Crippen LogP) is 4.34. The largest absolute Gasteiger partial charge is 0.444 e. The van der Waals surface area contributed by atoms with Crippen molar-refractivity contribution in [2.24, 2.45) is 0 Å². The first-order valence-electron chi connectivity index (χ1n) is 7.30. The quantitative estimate of drug-likeness (QED) is 0.872. The molecule has 1 aromatic carbocycles. The van der Waals surface area contributed by atoms with Crippen LogP contribution in [0.15, 0.2) is 24.3 Å². The van der Waals surface area contributed by atoms with E-state index in [4.69, 9.17) is 4.74 Å². The van der Waals surface area contributed by atoms with Gasteiger partial charge in [-0.1, -0.05) is 6.92 Å². The van der Waals surface area contributed by atoms with E-state index in [9.17, 15) is 4.79 Å². The Bertz CT molecular complexity index is 482. The zero-order valence-electron chi connectivity index (χ0n) is 13.1. The minimum atomic E-state index is -0.484. The van der Waals surface area contributed by atoms with Crippen LogP contribution in [0.3, 0.4) is 0 Å². The van der Waals surface area contributed by atoms with Crippen molar-refractivity contribution in [2.45, 2.75) is 51.0 Å². The summed E-state index contributed by atoms with van der Waals surface area (Å²) in [5, 5.41) is 6.99. The molecule has 4 nitrogen and oxygen atoms in total. The molecule has 1 amide bonds. The van der Waals surface area contributed by atoms with Gasteiger partial charge in [0, 0.05) is 28.4 Å². The molecular formula is C16H24N2O2S. The molecule has 2 N–H and O–H groups in total. The number of thioether (sulfide) groups is 1. The molecule has 0 aliphatic carbocycles. The van der Waals surface area contributed by atoms with Gasteiger partial charge in [0.15, 0.2) is 0 Å². The van der Waals surface area contributed by atoms with Crippen molar-refractivity contribution in [1.82, 2.24) is 0 Å². The maximum atomic E-state index is 11.7. The third-order valence-corrected chi connectivity index (χ3v) is 4.46. The lowest BCUT2D eigenvalue weighted by Crippen LogP contribution is -2.27. The Morgan fingerprint density at radius 3 is 2.38 bits per heavy atom. The summed E-state index contributed by atoms with van der Waals surface area (Å²) in [6.07, 6.45) is 0.770. The molecule has 2 unspecified atom stereocenters. The standard InChI is InChI=1S/C16H24N2O2S/c1-11-9-14(10-21-11)17-12-5-7-13(8-6-12)18-15(19)20-16(2,3)4/h5-8,11,14,17H,9-10H2,1-4H3,(H,18,19). The molecule has 1 aliphatic rings. The van der Waals surface area contributed by atoms with Crippen molar-refractivity contribution in [1.29, 1.82) is 0 Å². The Labute approximate surface area is 131 Å². The first-order chi connectivity index (χ1) is 9.82. The van der Waals surface area contributed by atoms with Gasteiger partial charge in [-0.05, 0) is 51.5 Å². The number of hydrogen-bond donors (Lipinski definition) is 2. The maximum absolute atomic E-state index is 11.7. The summed E-state index contributed by atoms with van der Waals surface area (Å²) in [6.45, 7) is 7.81. The zero-order valence-corrected chi connectivity index (χ0v) is 13.9. The zero-order chi connectivity index (χ0) is 15.5. The number of nitrogens with one attached hydrogen (secondary N) is 2. The topological polar surface area (TPSA) is 50.4 Å². The molecule has 1 saturated heterocycles. The first-order valence-corrected chi connectivity index (χ1v) is 8.35. The van der Waals surface area contributed by atoms with Crippen LogP contribution in [-0.2, 0) is 4.74 Å². The molecule has 0 bridgehead atoms. The minimum absolute atomic E-state index is 0.427. The fraction of sp³-hybridized carbons (Fsp3) is 0.562. The number of carbonyl (C=O) groups excluding carboxylic acids is 1. The lowest BCUT2D eigenvalue weighted by Gasteiger charge is -2.20. The van der Waals surface area contributed by atoms with E-state index in [1.54, 1.807) is 0 Å². The van der Waals surface area contributed by atoms with Gasteiger partial charge in [-0.15, -0.1) is 0 Å². The summed E-state index contributed by atoms with van der Waals surface area (Å²) in [5.74, 6) is 1.15. The summed E-state index contributed by atoms with van der Waals surface area (Å²) in [7, 11) is 0. The van der Waals surface area contributed by atoms with Gasteiger partial charge in [-0.3, -0.25) is 5.32 Å². The van der Waals surface area contributed by atoms with E-state index in [0.29, 0.717) is 6.04 Å². The Balaban J connectivity index is 1.85. The van der Waals surface area contributed by atoms with Gasteiger partial charge in [0.1, 0.15) is 5.60 Å². The number of rotatable bonds is 3. The average molecular weight is 308 g/mol. The van der Waals surface area contributed by atoms with Gasteiger partial charge in [0.25, 0.3) is 0 Å². The van der Waals surface area contributed by atoms with Crippen LogP contribution in [0.25, 0.3) is 0 Å². The highest BCUT2D eigenvalue weighted by Gasteiger charge is 2.21. The van der Waals surface area contributed by atoms with Gasteiger partial charge >= 0.3 is 6.09 Å². The van der Waals surface area contributed by atoms with Crippen molar-refractivity contribution in [3.8, 4) is 0 Å². The maximum Gasteiger partial charge on any atom is 0.412 e. The number of ether oxygens (including phenoxy) is 1. The highest BCUT2D eigenvalue weighted by atomic mass is 32.2. The van der Waals surface area contributed by atoms with Crippen LogP contribution in [0, 0.1) is 0 Å². The fourth-order valence-corrected chi connectivity index (χ4v) is 3.37. The second kappa shape index (κ2) is 6.60. The lowest BCUT2D eigenvalue weighted by molar-refractivity contribution is 0.0636. The molecule has 21 heavy (non-hydrogen) atoms. The minimum Gasteiger partial charge on any atom is -0.444 e. The second-order valence-electron chi connectivity index (χ2n) is 6.43. The van der Waals surface area contributed by atoms with E-state index in [0.717, 1.165) is 22.4 Å². The van der Waals surface area contributed by atoms with Gasteiger partial charge in [-0.2, -0.15) is 11.8 Å². The SMILES string of the molecule is CC1CC(Nc2ccc(NC(=O)OC(C)(C)C)cc2)CS1. The smallest absolute Gasteiger partial charge is 0.412 e. The molecule has 1 fully saturated rings. The normalized spacial score (nSPS) is 21.9. The van der Waals surface area contributed by atoms with Crippen molar-refractivity contribution in [2.75, 3.05) is 16.4 Å². The van der Waals surface area contributed by atoms with E-state index in [2.05, 4.69) is 17.6 Å². The first kappa shape index (κ1) is 16.0. The molecule has 1 heterocycles. The summed E-state index contributed by atoms with van der Waals surface area (Å²) in [6, 6.07) is 8.28. The Kier molecular flexibility index (Phi) is 5.04. The molecule has 116 valence electrons. The van der Waals surface area contributed by atoms with Gasteiger partial charge < -0.3 is 10.1 Å². The molecule has 0 spiro atoms. The number of hydrogen-bond acceptors (Lipinski definition) is 4. The Hall–Kier alpha value is -1.36. The summed E-state index contributed by atoms with van der Waals surface area (Å²) in [5.41, 5.74) is 1.34. The molecule has 0 radical (unpaired) electrons. The monoisotopic (exact) mass is 308 g/mol. The summed E-state index contributed by atoms with van der Waals surface area (Å²) >= 11 is 2.01. The third-order valence-electron chi connectivity index (χ3n) is 3.10. The molecule has 1 aromatic rings. The third kappa shape index (κ3) is 5.50. The van der Waals surface area contributed by atoms with Gasteiger partial charge in [0.2, 0.25) is 0 Å². The van der Waals surface area contributed by atoms with E-state index in [1.165, 1.54) is 6.42 Å². The van der Waals surface area contributed by atoms with Crippen LogP contribution in [0.2, 0.25) is 0 Å². The molecule has 0 saturated carbocycles. The van der Waals surface area contributed by atoms with Crippen molar-refractivity contribution in [3.05, 3.63) is 24.3 Å². The van der Waals surface area contributed by atoms with Crippen LogP contribution in [0.4, 0.5) is 16.2 Å². The molecule has 5 heteroatoms. The predicted molar refractivity (Wildman–Crippen MR) is 90.2 cm³/mol. The lowest BCUT2D eigenvalue weighted by atomic mass is 10.2. The van der Waals surface area contributed by atoms with Crippen LogP contribution in [-0.4, -0.2) is 28.7 Å². The number of amides is 1. The van der Waals surface area contributed by atoms with Crippen molar-refractivity contribution in [3.63, 3.8) is 0 Å². The average Bonchev–Trinajstić information content (AvgIpc) is 2.75. The van der Waals surface area contributed by atoms with E-state index < -0.39 is 11.7 Å². The number of carbonyl (C=O) groups is 1. The second-order valence-corrected chi connectivity index (χ2v) is 7.90. The van der Waals surface area contributed by atoms with E-state index in [-0.39, 0.29) is 0 Å². The van der Waals surface area contributed by atoms with Crippen molar-refractivity contribution >= 4 is 29.2 Å². The van der Waals surface area contributed by atoms with Crippen LogP contribution in [0.1, 0.15) is 34.1 Å². The fourth-order valence-electron chi connectivity index (χ4n) is 2.22. The van der Waals surface area contributed by atoms with E-state index in [1.807, 2.05) is 56.8 Å². The number of anilines is 2. The highest BCUT2D eigenvalue weighted by molar-refractivity contribution is 8.00. The molecule has 0 aromatic heterocycles. The molecular weight excluding hydrogens is 284 g/mol.